The Morgan fingerprint density at radius 3 is 2.27 bits per heavy atom. The van der Waals surface area contributed by atoms with Crippen molar-refractivity contribution in [1.82, 2.24) is 0 Å². The third kappa shape index (κ3) is 8.59. The van der Waals surface area contributed by atoms with Crippen LogP contribution in [0.2, 0.25) is 0 Å². The summed E-state index contributed by atoms with van der Waals surface area (Å²) in [7, 11) is -3.25. The lowest BCUT2D eigenvalue weighted by Crippen LogP contribution is -2.02. The Kier molecular flexibility index (Phi) is 8.05. The van der Waals surface area contributed by atoms with Crippen LogP contribution in [0, 0.1) is 0 Å². The van der Waals surface area contributed by atoms with Gasteiger partial charge in [-0.1, -0.05) is 6.92 Å². The SMILES string of the molecule is CCCP(=O)(O)OC(C)C.[AlH3]. The first-order valence-corrected chi connectivity index (χ1v) is 5.24. The second-order valence-electron chi connectivity index (χ2n) is 2.52. The molecule has 1 N–H and O–H groups in total. The van der Waals surface area contributed by atoms with Crippen LogP contribution in [0.5, 0.6) is 0 Å². The Hall–Kier alpha value is 0.682. The summed E-state index contributed by atoms with van der Waals surface area (Å²) < 4.78 is 15.7. The van der Waals surface area contributed by atoms with Crippen molar-refractivity contribution in [1.29, 1.82) is 0 Å². The van der Waals surface area contributed by atoms with Gasteiger partial charge in [0.2, 0.25) is 0 Å². The molecule has 1 unspecified atom stereocenters. The van der Waals surface area contributed by atoms with Gasteiger partial charge in [0.05, 0.1) is 6.10 Å². The van der Waals surface area contributed by atoms with Crippen molar-refractivity contribution < 1.29 is 14.0 Å². The van der Waals surface area contributed by atoms with Crippen LogP contribution < -0.4 is 0 Å². The monoisotopic (exact) mass is 196 g/mol. The number of hydrogen-bond acceptors (Lipinski definition) is 2. The summed E-state index contributed by atoms with van der Waals surface area (Å²) >= 11 is 0. The minimum Gasteiger partial charge on any atom is -0.324 e. The van der Waals surface area contributed by atoms with E-state index in [0.29, 0.717) is 6.42 Å². The maximum atomic E-state index is 11.0. The Bertz CT molecular complexity index is 138. The molecule has 68 valence electrons. The van der Waals surface area contributed by atoms with Gasteiger partial charge in [-0.05, 0) is 20.3 Å². The summed E-state index contributed by atoms with van der Waals surface area (Å²) in [5.74, 6) is 0. The molecule has 11 heavy (non-hydrogen) atoms. The van der Waals surface area contributed by atoms with E-state index in [0.717, 1.165) is 0 Å². The van der Waals surface area contributed by atoms with E-state index in [1.807, 2.05) is 6.92 Å². The molecule has 0 aliphatic heterocycles. The van der Waals surface area contributed by atoms with Crippen molar-refractivity contribution in [2.24, 2.45) is 0 Å². The average Bonchev–Trinajstić information content (AvgIpc) is 1.59. The smallest absolute Gasteiger partial charge is 0.324 e. The molecular formula is C6H18AlO3P. The van der Waals surface area contributed by atoms with E-state index in [-0.39, 0.29) is 29.6 Å². The van der Waals surface area contributed by atoms with Crippen molar-refractivity contribution in [2.75, 3.05) is 6.16 Å². The Balaban J connectivity index is 0. The van der Waals surface area contributed by atoms with Crippen LogP contribution in [0.3, 0.4) is 0 Å². The molecule has 0 aliphatic carbocycles. The lowest BCUT2D eigenvalue weighted by molar-refractivity contribution is 0.204. The highest BCUT2D eigenvalue weighted by atomic mass is 31.2. The molecule has 0 radical (unpaired) electrons. The quantitative estimate of drug-likeness (QED) is 0.535. The summed E-state index contributed by atoms with van der Waals surface area (Å²) in [4.78, 5) is 9.02. The lowest BCUT2D eigenvalue weighted by Gasteiger charge is -2.13. The van der Waals surface area contributed by atoms with Crippen LogP contribution >= 0.6 is 7.60 Å². The van der Waals surface area contributed by atoms with Crippen molar-refractivity contribution in [3.8, 4) is 0 Å². The zero-order chi connectivity index (χ0) is 8.20. The molecule has 0 saturated carbocycles. The van der Waals surface area contributed by atoms with E-state index < -0.39 is 7.60 Å². The molecule has 0 aliphatic rings. The molecule has 0 aromatic rings. The van der Waals surface area contributed by atoms with Gasteiger partial charge in [0.15, 0.2) is 17.4 Å². The Morgan fingerprint density at radius 1 is 1.55 bits per heavy atom. The lowest BCUT2D eigenvalue weighted by atomic mass is 10.5. The second kappa shape index (κ2) is 6.23. The molecule has 0 aromatic heterocycles. The van der Waals surface area contributed by atoms with E-state index in [4.69, 9.17) is 9.42 Å². The van der Waals surface area contributed by atoms with Gasteiger partial charge in [-0.3, -0.25) is 4.57 Å². The summed E-state index contributed by atoms with van der Waals surface area (Å²) in [6.07, 6.45) is 0.772. The average molecular weight is 196 g/mol. The molecule has 0 fully saturated rings. The molecule has 0 rings (SSSR count). The second-order valence-corrected chi connectivity index (χ2v) is 4.45. The standard InChI is InChI=1S/C6H15O3P.Al.3H/c1-4-5-10(7,8)9-6(2)3;;;;/h6H,4-5H2,1-3H3,(H,7,8);;;;. The fourth-order valence-corrected chi connectivity index (χ4v) is 1.99. The normalized spacial score (nSPS) is 15.7. The highest BCUT2D eigenvalue weighted by Crippen LogP contribution is 2.43. The fourth-order valence-electron chi connectivity index (χ4n) is 0.665. The first kappa shape index (κ1) is 14.2. The van der Waals surface area contributed by atoms with Crippen LogP contribution in [-0.4, -0.2) is 34.5 Å². The summed E-state index contributed by atoms with van der Waals surface area (Å²) in [6.45, 7) is 5.35. The Labute approximate surface area is 78.8 Å². The van der Waals surface area contributed by atoms with Crippen LogP contribution in [-0.2, 0) is 9.09 Å². The van der Waals surface area contributed by atoms with E-state index >= 15 is 0 Å². The van der Waals surface area contributed by atoms with E-state index in [1.165, 1.54) is 0 Å². The van der Waals surface area contributed by atoms with E-state index in [1.54, 1.807) is 13.8 Å². The zero-order valence-corrected chi connectivity index (χ0v) is 7.60. The van der Waals surface area contributed by atoms with Gasteiger partial charge in [-0.15, -0.1) is 0 Å². The molecule has 0 amide bonds. The molecule has 0 heterocycles. The molecule has 0 spiro atoms. The third-order valence-corrected chi connectivity index (χ3v) is 2.65. The maximum Gasteiger partial charge on any atom is 0.328 e. The van der Waals surface area contributed by atoms with Crippen LogP contribution in [0.1, 0.15) is 27.2 Å². The van der Waals surface area contributed by atoms with E-state index in [2.05, 4.69) is 0 Å². The maximum absolute atomic E-state index is 11.0. The molecule has 0 bridgehead atoms. The van der Waals surface area contributed by atoms with Crippen LogP contribution in [0.15, 0.2) is 0 Å². The molecule has 3 nitrogen and oxygen atoms in total. The molecule has 0 aromatic carbocycles. The van der Waals surface area contributed by atoms with Gasteiger partial charge >= 0.3 is 7.60 Å². The minimum atomic E-state index is -3.25. The molecule has 5 heteroatoms. The van der Waals surface area contributed by atoms with Gasteiger partial charge in [-0.25, -0.2) is 0 Å². The molecular weight excluding hydrogens is 178 g/mol. The highest BCUT2D eigenvalue weighted by Gasteiger charge is 2.18. The van der Waals surface area contributed by atoms with Crippen molar-refractivity contribution in [2.45, 2.75) is 33.3 Å². The highest BCUT2D eigenvalue weighted by molar-refractivity contribution is 7.52. The van der Waals surface area contributed by atoms with Crippen molar-refractivity contribution >= 4 is 25.0 Å². The predicted octanol–water partition coefficient (Wildman–Crippen LogP) is 0.823. The predicted molar refractivity (Wildman–Crippen MR) is 51.1 cm³/mol. The largest absolute Gasteiger partial charge is 0.328 e. The van der Waals surface area contributed by atoms with Gasteiger partial charge in [0.1, 0.15) is 0 Å². The third-order valence-electron chi connectivity index (χ3n) is 0.882. The van der Waals surface area contributed by atoms with Gasteiger partial charge in [-0.2, -0.15) is 0 Å². The zero-order valence-electron chi connectivity index (χ0n) is 6.70. The topological polar surface area (TPSA) is 46.5 Å². The summed E-state index contributed by atoms with van der Waals surface area (Å²) in [5, 5.41) is 0. The fraction of sp³-hybridized carbons (Fsp3) is 1.00. The van der Waals surface area contributed by atoms with Crippen LogP contribution in [0.25, 0.3) is 0 Å². The van der Waals surface area contributed by atoms with Crippen molar-refractivity contribution in [3.05, 3.63) is 0 Å². The summed E-state index contributed by atoms with van der Waals surface area (Å²) in [6, 6.07) is 0. The first-order valence-electron chi connectivity index (χ1n) is 3.48. The van der Waals surface area contributed by atoms with Crippen molar-refractivity contribution in [3.63, 3.8) is 0 Å². The van der Waals surface area contributed by atoms with Gasteiger partial charge < -0.3 is 9.42 Å². The molecule has 1 atom stereocenters. The van der Waals surface area contributed by atoms with Gasteiger partial charge in [0, 0.05) is 6.16 Å². The summed E-state index contributed by atoms with van der Waals surface area (Å²) in [5.41, 5.74) is 0. The first-order chi connectivity index (χ1) is 4.48. The number of hydrogen-bond donors (Lipinski definition) is 1. The Morgan fingerprint density at radius 2 is 2.00 bits per heavy atom. The molecule has 0 saturated heterocycles. The number of rotatable bonds is 4. The minimum absolute atomic E-state index is 0. The van der Waals surface area contributed by atoms with Gasteiger partial charge in [0.25, 0.3) is 0 Å². The van der Waals surface area contributed by atoms with E-state index in [9.17, 15) is 4.57 Å². The van der Waals surface area contributed by atoms with Crippen LogP contribution in [0.4, 0.5) is 0 Å².